The number of fused-ring (bicyclic) bond motifs is 1. The lowest BCUT2D eigenvalue weighted by Gasteiger charge is -2.10. The number of carbonyl (C=O) groups is 2. The maximum Gasteiger partial charge on any atom is 0.417 e. The van der Waals surface area contributed by atoms with E-state index in [1.807, 2.05) is 0 Å². The second-order valence-electron chi connectivity index (χ2n) is 5.72. The molecule has 1 aromatic heterocycles. The molecule has 10 heteroatoms. The van der Waals surface area contributed by atoms with Crippen LogP contribution >= 0.6 is 23.2 Å². The van der Waals surface area contributed by atoms with Crippen molar-refractivity contribution in [1.82, 2.24) is 9.13 Å². The van der Waals surface area contributed by atoms with Crippen molar-refractivity contribution in [1.29, 1.82) is 0 Å². The lowest BCUT2D eigenvalue weighted by Crippen LogP contribution is -2.89. The highest BCUT2D eigenvalue weighted by Crippen LogP contribution is 2.25. The molecule has 0 bridgehead atoms. The molecule has 26 heavy (non-hydrogen) atoms. The molecule has 2 heterocycles. The fourth-order valence-corrected chi connectivity index (χ4v) is 2.96. The zero-order valence-corrected chi connectivity index (χ0v) is 15.2. The topological polar surface area (TPSA) is 104 Å². The van der Waals surface area contributed by atoms with E-state index in [1.165, 1.54) is 32.3 Å². The summed E-state index contributed by atoms with van der Waals surface area (Å²) in [6.07, 6.45) is -0.298. The number of anilines is 1. The van der Waals surface area contributed by atoms with Crippen molar-refractivity contribution >= 4 is 46.3 Å². The molecular weight excluding hydrogens is 383 g/mol. The molecule has 0 radical (unpaired) electrons. The van der Waals surface area contributed by atoms with Crippen LogP contribution in [0.3, 0.4) is 0 Å². The molecule has 0 saturated carbocycles. The highest BCUT2D eigenvalue weighted by Gasteiger charge is 2.27. The molecule has 8 nitrogen and oxygen atoms in total. The van der Waals surface area contributed by atoms with Gasteiger partial charge in [-0.05, 0) is 18.2 Å². The number of nitrogens with zero attached hydrogens (tertiary/aromatic N) is 2. The van der Waals surface area contributed by atoms with Gasteiger partial charge in [-0.25, -0.2) is 19.1 Å². The van der Waals surface area contributed by atoms with Gasteiger partial charge >= 0.3 is 11.6 Å². The second-order valence-corrected chi connectivity index (χ2v) is 6.53. The Kier molecular flexibility index (Phi) is 4.55. The van der Waals surface area contributed by atoms with E-state index in [1.54, 1.807) is 0 Å². The van der Waals surface area contributed by atoms with Gasteiger partial charge in [0.25, 0.3) is 17.0 Å². The highest BCUT2D eigenvalue weighted by molar-refractivity contribution is 6.42. The Morgan fingerprint density at radius 1 is 1.12 bits per heavy atom. The van der Waals surface area contributed by atoms with E-state index >= 15 is 0 Å². The van der Waals surface area contributed by atoms with Crippen molar-refractivity contribution in [2.45, 2.75) is 6.42 Å². The molecule has 2 aromatic rings. The number of rotatable bonds is 2. The number of carbonyl (C=O) groups excluding carboxylic acids is 2. The number of benzene rings is 1. The van der Waals surface area contributed by atoms with Crippen LogP contribution in [0.5, 0.6) is 0 Å². The van der Waals surface area contributed by atoms with Crippen LogP contribution in [0.2, 0.25) is 10.0 Å². The fraction of sp³-hybridized carbons (Fsp3) is 0.188. The third-order valence-corrected chi connectivity index (χ3v) is 4.75. The van der Waals surface area contributed by atoms with E-state index < -0.39 is 23.1 Å². The van der Waals surface area contributed by atoms with Crippen molar-refractivity contribution in [2.75, 3.05) is 5.32 Å². The van der Waals surface area contributed by atoms with Gasteiger partial charge in [-0.2, -0.15) is 4.57 Å². The van der Waals surface area contributed by atoms with E-state index in [9.17, 15) is 19.2 Å². The SMILES string of the molecule is Cn1c(=O)c2c(n(C)c1=O)=[NH+]C(=O)CC=2C(=O)Nc1ccc(Cl)c(Cl)c1. The van der Waals surface area contributed by atoms with Crippen LogP contribution < -0.4 is 32.3 Å². The van der Waals surface area contributed by atoms with E-state index in [-0.39, 0.29) is 27.7 Å². The quantitative estimate of drug-likeness (QED) is 0.602. The lowest BCUT2D eigenvalue weighted by atomic mass is 10.1. The third-order valence-electron chi connectivity index (χ3n) is 4.01. The molecule has 1 aromatic carbocycles. The van der Waals surface area contributed by atoms with Crippen LogP contribution in [0.1, 0.15) is 6.42 Å². The number of nitrogens with one attached hydrogen (secondary N) is 2. The van der Waals surface area contributed by atoms with Crippen LogP contribution in [-0.2, 0) is 23.7 Å². The molecule has 1 aliphatic heterocycles. The Hall–Kier alpha value is -2.71. The molecule has 0 spiro atoms. The normalized spacial score (nSPS) is 13.2. The second kappa shape index (κ2) is 6.54. The molecule has 134 valence electrons. The predicted octanol–water partition coefficient (Wildman–Crippen LogP) is -2.19. The van der Waals surface area contributed by atoms with Crippen molar-refractivity contribution in [3.05, 3.63) is 59.8 Å². The smallest absolute Gasteiger partial charge is 0.322 e. The standard InChI is InChI=1S/C16H12Cl2N4O4/c1-21-13-12(15(25)22(2)16(21)26)8(6-11(23)20-13)14(24)19-7-3-4-9(17)10(18)5-7/h3-5H,6H2,1-2H3,(H,19,24)/p+1. The summed E-state index contributed by atoms with van der Waals surface area (Å²) in [5, 5.41) is 3.13. The van der Waals surface area contributed by atoms with Gasteiger partial charge < -0.3 is 5.32 Å². The minimum atomic E-state index is -0.664. The summed E-state index contributed by atoms with van der Waals surface area (Å²) in [5.74, 6) is -1.14. The van der Waals surface area contributed by atoms with Crippen LogP contribution in [0, 0.1) is 0 Å². The number of hydrogen-bond donors (Lipinski definition) is 2. The highest BCUT2D eigenvalue weighted by atomic mass is 35.5. The van der Waals surface area contributed by atoms with Crippen molar-refractivity contribution < 1.29 is 14.6 Å². The zero-order valence-electron chi connectivity index (χ0n) is 13.7. The third kappa shape index (κ3) is 2.97. The van der Waals surface area contributed by atoms with Gasteiger partial charge in [-0.3, -0.25) is 9.59 Å². The van der Waals surface area contributed by atoms with Gasteiger partial charge in [0.15, 0.2) is 0 Å². The number of amides is 2. The summed E-state index contributed by atoms with van der Waals surface area (Å²) in [5.41, 5.74) is -0.965. The maximum absolute atomic E-state index is 12.7. The molecule has 0 saturated heterocycles. The lowest BCUT2D eigenvalue weighted by molar-refractivity contribution is -0.424. The van der Waals surface area contributed by atoms with Crippen LogP contribution in [0.4, 0.5) is 5.69 Å². The summed E-state index contributed by atoms with van der Waals surface area (Å²) in [6, 6.07) is 4.49. The van der Waals surface area contributed by atoms with Gasteiger partial charge in [0.1, 0.15) is 5.22 Å². The molecule has 2 amide bonds. The molecule has 0 aliphatic carbocycles. The first kappa shape index (κ1) is 18.1. The Balaban J connectivity index is 2.23. The van der Waals surface area contributed by atoms with E-state index in [0.717, 1.165) is 9.13 Å². The molecule has 0 unspecified atom stereocenters. The van der Waals surface area contributed by atoms with Crippen LogP contribution in [0.15, 0.2) is 27.8 Å². The Labute approximate surface area is 156 Å². The van der Waals surface area contributed by atoms with Gasteiger partial charge in [0.05, 0.1) is 23.5 Å². The Morgan fingerprint density at radius 2 is 1.81 bits per heavy atom. The van der Waals surface area contributed by atoms with Gasteiger partial charge in [0, 0.05) is 18.3 Å². The van der Waals surface area contributed by atoms with Gasteiger partial charge in [-0.1, -0.05) is 23.2 Å². The number of halogens is 2. The van der Waals surface area contributed by atoms with E-state index in [4.69, 9.17) is 23.2 Å². The molecule has 2 N–H and O–H groups in total. The molecule has 3 rings (SSSR count). The van der Waals surface area contributed by atoms with Gasteiger partial charge in [-0.15, -0.1) is 0 Å². The van der Waals surface area contributed by atoms with Crippen molar-refractivity contribution in [3.63, 3.8) is 0 Å². The maximum atomic E-state index is 12.7. The first-order valence-corrected chi connectivity index (χ1v) is 8.18. The minimum Gasteiger partial charge on any atom is -0.322 e. The Morgan fingerprint density at radius 3 is 2.46 bits per heavy atom. The molecule has 1 aliphatic rings. The first-order chi connectivity index (χ1) is 12.2. The Bertz CT molecular complexity index is 1210. The summed E-state index contributed by atoms with van der Waals surface area (Å²) in [7, 11) is 2.70. The van der Waals surface area contributed by atoms with Crippen LogP contribution in [-0.4, -0.2) is 20.9 Å². The zero-order chi connectivity index (χ0) is 19.2. The fourth-order valence-electron chi connectivity index (χ4n) is 2.66. The summed E-state index contributed by atoms with van der Waals surface area (Å²) >= 11 is 11.8. The number of aromatic nitrogens is 2. The average Bonchev–Trinajstić information content (AvgIpc) is 2.60. The average molecular weight is 396 g/mol. The van der Waals surface area contributed by atoms with Gasteiger partial charge in [0.2, 0.25) is 0 Å². The summed E-state index contributed by atoms with van der Waals surface area (Å²) in [6.45, 7) is 0. The largest absolute Gasteiger partial charge is 0.417 e. The number of hydrogen-bond acceptors (Lipinski definition) is 4. The predicted molar refractivity (Wildman–Crippen MR) is 94.4 cm³/mol. The molecule has 0 fully saturated rings. The van der Waals surface area contributed by atoms with E-state index in [0.29, 0.717) is 10.7 Å². The van der Waals surface area contributed by atoms with Crippen molar-refractivity contribution in [2.24, 2.45) is 14.1 Å². The van der Waals surface area contributed by atoms with E-state index in [2.05, 4.69) is 10.3 Å². The van der Waals surface area contributed by atoms with Crippen LogP contribution in [0.25, 0.3) is 5.57 Å². The molecule has 0 atom stereocenters. The monoisotopic (exact) mass is 395 g/mol. The molecular formula is C16H13Cl2N4O4+. The van der Waals surface area contributed by atoms with Crippen molar-refractivity contribution in [3.8, 4) is 0 Å². The summed E-state index contributed by atoms with van der Waals surface area (Å²) < 4.78 is 1.99. The summed E-state index contributed by atoms with van der Waals surface area (Å²) in [4.78, 5) is 51.7. The minimum absolute atomic E-state index is 0.00589. The first-order valence-electron chi connectivity index (χ1n) is 7.43.